The molecular weight excluding hydrogens is 256 g/mol. The zero-order valence-corrected chi connectivity index (χ0v) is 10.2. The number of benzene rings is 1. The maximum atomic E-state index is 12.0. The molecule has 1 unspecified atom stereocenters. The van der Waals surface area contributed by atoms with E-state index in [1.165, 1.54) is 5.56 Å². The highest BCUT2D eigenvalue weighted by molar-refractivity contribution is 9.10. The first kappa shape index (κ1) is 10.8. The molecule has 0 saturated heterocycles. The van der Waals surface area contributed by atoms with Crippen molar-refractivity contribution in [1.29, 1.82) is 0 Å². The molecule has 0 radical (unpaired) electrons. The van der Waals surface area contributed by atoms with E-state index >= 15 is 0 Å². The van der Waals surface area contributed by atoms with Crippen LogP contribution in [-0.2, 0) is 11.2 Å². The summed E-state index contributed by atoms with van der Waals surface area (Å²) in [5.74, 6) is 0.387. The van der Waals surface area contributed by atoms with Gasteiger partial charge in [0.05, 0.1) is 0 Å². The predicted octanol–water partition coefficient (Wildman–Crippen LogP) is 2.84. The number of Topliss-reactive ketones (excluding diaryl/α,β-unsaturated/α-hetero) is 1. The fourth-order valence-corrected chi connectivity index (χ4v) is 2.39. The van der Waals surface area contributed by atoms with Gasteiger partial charge in [0.15, 0.2) is 5.78 Å². The van der Waals surface area contributed by atoms with Crippen LogP contribution in [0.3, 0.4) is 0 Å². The molecule has 1 aliphatic rings. The van der Waals surface area contributed by atoms with Crippen LogP contribution in [0.15, 0.2) is 22.7 Å². The lowest BCUT2D eigenvalue weighted by molar-refractivity contribution is 0.0900. The number of halogens is 1. The normalized spacial score (nSPS) is 19.3. The molecule has 0 aromatic heterocycles. The van der Waals surface area contributed by atoms with E-state index in [9.17, 15) is 4.79 Å². The van der Waals surface area contributed by atoms with E-state index < -0.39 is 0 Å². The number of ketones is 1. The molecule has 1 aromatic carbocycles. The molecule has 0 N–H and O–H groups in total. The standard InChI is InChI=1S/C12H13BrO2/c1-15-5-4-9-6-8-2-3-10(13)7-11(8)12(9)14/h2-3,7,9H,4-6H2,1H3. The minimum Gasteiger partial charge on any atom is -0.385 e. The molecule has 1 aromatic rings. The largest absolute Gasteiger partial charge is 0.385 e. The van der Waals surface area contributed by atoms with Crippen molar-refractivity contribution in [2.45, 2.75) is 12.8 Å². The van der Waals surface area contributed by atoms with Crippen LogP contribution in [0.1, 0.15) is 22.3 Å². The van der Waals surface area contributed by atoms with Crippen molar-refractivity contribution in [3.8, 4) is 0 Å². The van der Waals surface area contributed by atoms with Crippen LogP contribution in [0.25, 0.3) is 0 Å². The van der Waals surface area contributed by atoms with Gasteiger partial charge in [-0.05, 0) is 30.5 Å². The molecule has 0 spiro atoms. The van der Waals surface area contributed by atoms with Gasteiger partial charge >= 0.3 is 0 Å². The Morgan fingerprint density at radius 1 is 1.53 bits per heavy atom. The summed E-state index contributed by atoms with van der Waals surface area (Å²) < 4.78 is 5.99. The van der Waals surface area contributed by atoms with Gasteiger partial charge in [-0.1, -0.05) is 22.0 Å². The molecule has 2 nitrogen and oxygen atoms in total. The fourth-order valence-electron chi connectivity index (χ4n) is 2.03. The van der Waals surface area contributed by atoms with E-state index in [0.29, 0.717) is 6.61 Å². The van der Waals surface area contributed by atoms with Crippen LogP contribution in [0.2, 0.25) is 0 Å². The van der Waals surface area contributed by atoms with Crippen molar-refractivity contribution < 1.29 is 9.53 Å². The van der Waals surface area contributed by atoms with Gasteiger partial charge in [-0.25, -0.2) is 0 Å². The summed E-state index contributed by atoms with van der Waals surface area (Å²) in [6.07, 6.45) is 1.69. The van der Waals surface area contributed by atoms with Gasteiger partial charge in [-0.2, -0.15) is 0 Å². The number of hydrogen-bond acceptors (Lipinski definition) is 2. The number of hydrogen-bond donors (Lipinski definition) is 0. The van der Waals surface area contributed by atoms with Gasteiger partial charge in [0.2, 0.25) is 0 Å². The van der Waals surface area contributed by atoms with E-state index in [-0.39, 0.29) is 11.7 Å². The third-order valence-electron chi connectivity index (χ3n) is 2.84. The van der Waals surface area contributed by atoms with Crippen LogP contribution in [0.4, 0.5) is 0 Å². The maximum Gasteiger partial charge on any atom is 0.166 e. The molecular formula is C12H13BrO2. The van der Waals surface area contributed by atoms with E-state index in [1.807, 2.05) is 18.2 Å². The lowest BCUT2D eigenvalue weighted by atomic mass is 10.0. The molecule has 3 heteroatoms. The minimum absolute atomic E-state index is 0.120. The van der Waals surface area contributed by atoms with Gasteiger partial charge in [-0.3, -0.25) is 4.79 Å². The summed E-state index contributed by atoms with van der Waals surface area (Å²) in [7, 11) is 1.67. The predicted molar refractivity (Wildman–Crippen MR) is 62.2 cm³/mol. The maximum absolute atomic E-state index is 12.0. The average molecular weight is 269 g/mol. The van der Waals surface area contributed by atoms with Crippen molar-refractivity contribution in [2.24, 2.45) is 5.92 Å². The number of methoxy groups -OCH3 is 1. The molecule has 2 rings (SSSR count). The van der Waals surface area contributed by atoms with Crippen LogP contribution in [-0.4, -0.2) is 19.5 Å². The highest BCUT2D eigenvalue weighted by Gasteiger charge is 2.29. The van der Waals surface area contributed by atoms with Crippen LogP contribution < -0.4 is 0 Å². The first-order chi connectivity index (χ1) is 7.22. The second-order valence-electron chi connectivity index (χ2n) is 3.85. The van der Waals surface area contributed by atoms with Crippen LogP contribution in [0.5, 0.6) is 0 Å². The van der Waals surface area contributed by atoms with Crippen LogP contribution >= 0.6 is 15.9 Å². The van der Waals surface area contributed by atoms with Gasteiger partial charge in [0.25, 0.3) is 0 Å². The first-order valence-corrected chi connectivity index (χ1v) is 5.83. The lowest BCUT2D eigenvalue weighted by Gasteiger charge is -2.05. The molecule has 80 valence electrons. The second kappa shape index (κ2) is 4.45. The second-order valence-corrected chi connectivity index (χ2v) is 4.76. The summed E-state index contributed by atoms with van der Waals surface area (Å²) in [4.78, 5) is 12.0. The molecule has 15 heavy (non-hydrogen) atoms. The van der Waals surface area contributed by atoms with Crippen LogP contribution in [0, 0.1) is 5.92 Å². The van der Waals surface area contributed by atoms with Gasteiger partial charge < -0.3 is 4.74 Å². The van der Waals surface area contributed by atoms with E-state index in [1.54, 1.807) is 7.11 Å². The number of fused-ring (bicyclic) bond motifs is 1. The van der Waals surface area contributed by atoms with E-state index in [2.05, 4.69) is 15.9 Å². The number of carbonyl (C=O) groups is 1. The van der Waals surface area contributed by atoms with E-state index in [4.69, 9.17) is 4.74 Å². The SMILES string of the molecule is COCCC1Cc2ccc(Br)cc2C1=O. The molecule has 0 amide bonds. The molecule has 0 fully saturated rings. The highest BCUT2D eigenvalue weighted by atomic mass is 79.9. The Labute approximate surface area is 97.8 Å². The van der Waals surface area contributed by atoms with Gasteiger partial charge in [0.1, 0.15) is 0 Å². The van der Waals surface area contributed by atoms with Crippen molar-refractivity contribution in [1.82, 2.24) is 0 Å². The van der Waals surface area contributed by atoms with Gasteiger partial charge in [-0.15, -0.1) is 0 Å². The summed E-state index contributed by atoms with van der Waals surface area (Å²) in [6.45, 7) is 0.658. The number of rotatable bonds is 3. The monoisotopic (exact) mass is 268 g/mol. The molecule has 1 aliphatic carbocycles. The smallest absolute Gasteiger partial charge is 0.166 e. The van der Waals surface area contributed by atoms with Gasteiger partial charge in [0, 0.05) is 29.7 Å². The molecule has 1 atom stereocenters. The van der Waals surface area contributed by atoms with E-state index in [0.717, 1.165) is 22.9 Å². The summed E-state index contributed by atoms with van der Waals surface area (Å²) in [6, 6.07) is 5.94. The Hall–Kier alpha value is -0.670. The number of ether oxygens (including phenoxy) is 1. The number of carbonyl (C=O) groups excluding carboxylic acids is 1. The zero-order valence-electron chi connectivity index (χ0n) is 8.63. The zero-order chi connectivity index (χ0) is 10.8. The van der Waals surface area contributed by atoms with Crippen molar-refractivity contribution in [2.75, 3.05) is 13.7 Å². The highest BCUT2D eigenvalue weighted by Crippen LogP contribution is 2.30. The minimum atomic E-state index is 0.120. The Morgan fingerprint density at radius 3 is 3.07 bits per heavy atom. The van der Waals surface area contributed by atoms with Crippen molar-refractivity contribution in [3.63, 3.8) is 0 Å². The first-order valence-electron chi connectivity index (χ1n) is 5.04. The summed E-state index contributed by atoms with van der Waals surface area (Å²) in [5, 5.41) is 0. The fraction of sp³-hybridized carbons (Fsp3) is 0.417. The molecule has 0 bridgehead atoms. The average Bonchev–Trinajstić information content (AvgIpc) is 2.53. The van der Waals surface area contributed by atoms with Crippen molar-refractivity contribution >= 4 is 21.7 Å². The Morgan fingerprint density at radius 2 is 2.33 bits per heavy atom. The lowest BCUT2D eigenvalue weighted by Crippen LogP contribution is -2.11. The molecule has 0 aliphatic heterocycles. The summed E-state index contributed by atoms with van der Waals surface area (Å²) in [5.41, 5.74) is 2.05. The quantitative estimate of drug-likeness (QED) is 0.843. The molecule has 0 heterocycles. The Kier molecular flexibility index (Phi) is 3.22. The van der Waals surface area contributed by atoms with Crippen molar-refractivity contribution in [3.05, 3.63) is 33.8 Å². The Balaban J connectivity index is 2.18. The Bertz CT molecular complexity index is 387. The third-order valence-corrected chi connectivity index (χ3v) is 3.34. The topological polar surface area (TPSA) is 26.3 Å². The third kappa shape index (κ3) is 2.13. The summed E-state index contributed by atoms with van der Waals surface area (Å²) >= 11 is 3.39. The molecule has 0 saturated carbocycles.